The largest absolute Gasteiger partial charge is 0.307 e. The first-order valence-corrected chi connectivity index (χ1v) is 4.13. The first kappa shape index (κ1) is 9.51. The number of nitrogens with one attached hydrogen (secondary N) is 1. The molecule has 0 fully saturated rings. The lowest BCUT2D eigenvalue weighted by molar-refractivity contribution is -0.111. The minimum absolute atomic E-state index is 0.210. The van der Waals surface area contributed by atoms with Gasteiger partial charge in [-0.3, -0.25) is 9.48 Å². The number of aromatic nitrogens is 2. The van der Waals surface area contributed by atoms with Crippen molar-refractivity contribution in [1.29, 1.82) is 0 Å². The highest BCUT2D eigenvalue weighted by molar-refractivity contribution is 5.98. The Kier molecular flexibility index (Phi) is 2.84. The molecule has 0 saturated heterocycles. The lowest BCUT2D eigenvalue weighted by Crippen LogP contribution is -2.12. The number of nitrogens with zero attached hydrogens (tertiary/aromatic N) is 2. The molecular formula is C9H13N3O. The SMILES string of the molecule is C=CC(=O)Nc1c(CC)cnn1C. The van der Waals surface area contributed by atoms with Gasteiger partial charge in [-0.25, -0.2) is 0 Å². The summed E-state index contributed by atoms with van der Waals surface area (Å²) in [7, 11) is 1.79. The molecular weight excluding hydrogens is 166 g/mol. The minimum Gasteiger partial charge on any atom is -0.307 e. The van der Waals surface area contributed by atoms with Gasteiger partial charge in [-0.05, 0) is 12.5 Å². The monoisotopic (exact) mass is 179 g/mol. The molecule has 4 nitrogen and oxygen atoms in total. The number of hydrogen-bond donors (Lipinski definition) is 1. The van der Waals surface area contributed by atoms with Gasteiger partial charge in [0.05, 0.1) is 6.20 Å². The number of rotatable bonds is 3. The highest BCUT2D eigenvalue weighted by Crippen LogP contribution is 2.13. The molecule has 4 heteroatoms. The zero-order valence-electron chi connectivity index (χ0n) is 7.87. The molecule has 0 radical (unpaired) electrons. The lowest BCUT2D eigenvalue weighted by atomic mass is 10.2. The maximum atomic E-state index is 11.0. The summed E-state index contributed by atoms with van der Waals surface area (Å²) in [6, 6.07) is 0. The minimum atomic E-state index is -0.210. The molecule has 0 spiro atoms. The zero-order valence-corrected chi connectivity index (χ0v) is 7.87. The Morgan fingerprint density at radius 2 is 2.54 bits per heavy atom. The van der Waals surface area contributed by atoms with Crippen LogP contribution in [0.4, 0.5) is 5.82 Å². The van der Waals surface area contributed by atoms with Gasteiger partial charge in [0.2, 0.25) is 5.91 Å². The Morgan fingerprint density at radius 3 is 3.08 bits per heavy atom. The molecule has 1 aromatic heterocycles. The van der Waals surface area contributed by atoms with E-state index in [0.29, 0.717) is 0 Å². The van der Waals surface area contributed by atoms with Crippen LogP contribution in [-0.4, -0.2) is 15.7 Å². The molecule has 13 heavy (non-hydrogen) atoms. The Bertz CT molecular complexity index is 328. The smallest absolute Gasteiger partial charge is 0.248 e. The van der Waals surface area contributed by atoms with Crippen molar-refractivity contribution in [3.63, 3.8) is 0 Å². The van der Waals surface area contributed by atoms with Gasteiger partial charge < -0.3 is 5.32 Å². The van der Waals surface area contributed by atoms with Crippen LogP contribution in [0.5, 0.6) is 0 Å². The van der Waals surface area contributed by atoms with E-state index < -0.39 is 0 Å². The van der Waals surface area contributed by atoms with E-state index in [1.54, 1.807) is 17.9 Å². The Balaban J connectivity index is 2.91. The zero-order chi connectivity index (χ0) is 9.84. The second-order valence-corrected chi connectivity index (χ2v) is 2.69. The van der Waals surface area contributed by atoms with Crippen LogP contribution >= 0.6 is 0 Å². The molecule has 0 atom stereocenters. The summed E-state index contributed by atoms with van der Waals surface area (Å²) in [4.78, 5) is 11.0. The van der Waals surface area contributed by atoms with Gasteiger partial charge >= 0.3 is 0 Å². The van der Waals surface area contributed by atoms with E-state index in [0.717, 1.165) is 17.8 Å². The van der Waals surface area contributed by atoms with Crippen molar-refractivity contribution in [2.24, 2.45) is 7.05 Å². The van der Waals surface area contributed by atoms with Crippen LogP contribution in [0.3, 0.4) is 0 Å². The van der Waals surface area contributed by atoms with Crippen molar-refractivity contribution < 1.29 is 4.79 Å². The van der Waals surface area contributed by atoms with E-state index in [2.05, 4.69) is 17.0 Å². The fourth-order valence-corrected chi connectivity index (χ4v) is 1.07. The highest BCUT2D eigenvalue weighted by atomic mass is 16.1. The standard InChI is InChI=1S/C9H13N3O/c1-4-7-6-10-12(3)9(7)11-8(13)5-2/h5-6H,2,4H2,1,3H3,(H,11,13). The highest BCUT2D eigenvalue weighted by Gasteiger charge is 2.07. The fourth-order valence-electron chi connectivity index (χ4n) is 1.07. The van der Waals surface area contributed by atoms with Crippen LogP contribution in [0.15, 0.2) is 18.9 Å². The lowest BCUT2D eigenvalue weighted by Gasteiger charge is -2.04. The molecule has 1 rings (SSSR count). The van der Waals surface area contributed by atoms with Crippen LogP contribution in [0.25, 0.3) is 0 Å². The molecule has 1 N–H and O–H groups in total. The molecule has 0 bridgehead atoms. The van der Waals surface area contributed by atoms with E-state index in [1.165, 1.54) is 6.08 Å². The van der Waals surface area contributed by atoms with Crippen LogP contribution in [0.1, 0.15) is 12.5 Å². The van der Waals surface area contributed by atoms with Crippen molar-refractivity contribution in [2.45, 2.75) is 13.3 Å². The number of carbonyl (C=O) groups excluding carboxylic acids is 1. The molecule has 0 saturated carbocycles. The van der Waals surface area contributed by atoms with Gasteiger partial charge in [-0.15, -0.1) is 0 Å². The first-order chi connectivity index (χ1) is 6.19. The van der Waals surface area contributed by atoms with Crippen molar-refractivity contribution in [3.8, 4) is 0 Å². The van der Waals surface area contributed by atoms with Gasteiger partial charge in [0.15, 0.2) is 0 Å². The predicted molar refractivity (Wildman–Crippen MR) is 51.4 cm³/mol. The molecule has 0 aliphatic carbocycles. The summed E-state index contributed by atoms with van der Waals surface area (Å²) in [6.45, 7) is 5.40. The van der Waals surface area contributed by atoms with Gasteiger partial charge in [0, 0.05) is 12.6 Å². The summed E-state index contributed by atoms with van der Waals surface area (Å²) in [6.07, 6.45) is 3.84. The third-order valence-corrected chi connectivity index (χ3v) is 1.82. The summed E-state index contributed by atoms with van der Waals surface area (Å²) in [5, 5.41) is 6.75. The van der Waals surface area contributed by atoms with Crippen LogP contribution in [-0.2, 0) is 18.3 Å². The molecule has 0 unspecified atom stereocenters. The summed E-state index contributed by atoms with van der Waals surface area (Å²) in [5.41, 5.74) is 1.03. The Morgan fingerprint density at radius 1 is 1.85 bits per heavy atom. The Labute approximate surface area is 77.3 Å². The van der Waals surface area contributed by atoms with Crippen molar-refractivity contribution in [1.82, 2.24) is 9.78 Å². The maximum absolute atomic E-state index is 11.0. The van der Waals surface area contributed by atoms with E-state index in [9.17, 15) is 4.79 Å². The van der Waals surface area contributed by atoms with E-state index in [-0.39, 0.29) is 5.91 Å². The maximum Gasteiger partial charge on any atom is 0.248 e. The third kappa shape index (κ3) is 1.96. The summed E-state index contributed by atoms with van der Waals surface area (Å²) < 4.78 is 1.64. The second-order valence-electron chi connectivity index (χ2n) is 2.69. The van der Waals surface area contributed by atoms with E-state index in [1.807, 2.05) is 6.92 Å². The molecule has 0 aromatic carbocycles. The average Bonchev–Trinajstić information content (AvgIpc) is 2.48. The van der Waals surface area contributed by atoms with Gasteiger partial charge in [0.1, 0.15) is 5.82 Å². The molecule has 1 amide bonds. The number of hydrogen-bond acceptors (Lipinski definition) is 2. The quantitative estimate of drug-likeness (QED) is 0.706. The molecule has 0 aliphatic heterocycles. The topological polar surface area (TPSA) is 46.9 Å². The van der Waals surface area contributed by atoms with Crippen molar-refractivity contribution in [2.75, 3.05) is 5.32 Å². The van der Waals surface area contributed by atoms with E-state index >= 15 is 0 Å². The Hall–Kier alpha value is -1.58. The normalized spacial score (nSPS) is 9.69. The summed E-state index contributed by atoms with van der Waals surface area (Å²) >= 11 is 0. The first-order valence-electron chi connectivity index (χ1n) is 4.13. The number of anilines is 1. The van der Waals surface area contributed by atoms with Crippen LogP contribution < -0.4 is 5.32 Å². The fraction of sp³-hybridized carbons (Fsp3) is 0.333. The number of aryl methyl sites for hydroxylation is 2. The molecule has 70 valence electrons. The number of amides is 1. The van der Waals surface area contributed by atoms with Crippen LogP contribution in [0.2, 0.25) is 0 Å². The van der Waals surface area contributed by atoms with Crippen molar-refractivity contribution >= 4 is 11.7 Å². The third-order valence-electron chi connectivity index (χ3n) is 1.82. The van der Waals surface area contributed by atoms with Gasteiger partial charge in [0.25, 0.3) is 0 Å². The number of carbonyl (C=O) groups is 1. The van der Waals surface area contributed by atoms with Gasteiger partial charge in [-0.1, -0.05) is 13.5 Å². The summed E-state index contributed by atoms with van der Waals surface area (Å²) in [5.74, 6) is 0.533. The van der Waals surface area contributed by atoms with Gasteiger partial charge in [-0.2, -0.15) is 5.10 Å². The second kappa shape index (κ2) is 3.89. The average molecular weight is 179 g/mol. The van der Waals surface area contributed by atoms with Crippen molar-refractivity contribution in [3.05, 3.63) is 24.4 Å². The predicted octanol–water partition coefficient (Wildman–Crippen LogP) is 1.11. The molecule has 0 aliphatic rings. The molecule has 1 heterocycles. The van der Waals surface area contributed by atoms with E-state index in [4.69, 9.17) is 0 Å². The molecule has 1 aromatic rings. The van der Waals surface area contributed by atoms with Crippen LogP contribution in [0, 0.1) is 0 Å².